The Morgan fingerprint density at radius 2 is 1.84 bits per heavy atom. The van der Waals surface area contributed by atoms with Crippen molar-refractivity contribution in [2.45, 2.75) is 33.4 Å². The Morgan fingerprint density at radius 3 is 2.52 bits per heavy atom. The summed E-state index contributed by atoms with van der Waals surface area (Å²) in [7, 11) is 1.58. The highest BCUT2D eigenvalue weighted by molar-refractivity contribution is 6.52. The number of methoxy groups -OCH3 is 1. The molecule has 0 spiro atoms. The van der Waals surface area contributed by atoms with E-state index in [1.165, 1.54) is 4.90 Å². The molecule has 0 bridgehead atoms. The van der Waals surface area contributed by atoms with Gasteiger partial charge in [-0.3, -0.25) is 9.59 Å². The summed E-state index contributed by atoms with van der Waals surface area (Å²) in [5.41, 5.74) is 2.93. The molecule has 0 saturated carbocycles. The average molecular weight is 339 g/mol. The Hall–Kier alpha value is -2.82. The minimum absolute atomic E-state index is 0.0343. The number of benzene rings is 2. The molecule has 0 fully saturated rings. The van der Waals surface area contributed by atoms with Crippen molar-refractivity contribution in [2.75, 3.05) is 12.0 Å². The van der Waals surface area contributed by atoms with Gasteiger partial charge in [-0.1, -0.05) is 18.2 Å². The van der Waals surface area contributed by atoms with Crippen LogP contribution in [0, 0.1) is 6.92 Å². The number of carbonyl (C=O) groups excluding carboxylic acids is 2. The molecule has 0 aromatic heterocycles. The fraction of sp³-hybridized carbons (Fsp3) is 0.300. The quantitative estimate of drug-likeness (QED) is 0.782. The molecule has 1 amide bonds. The van der Waals surface area contributed by atoms with Crippen LogP contribution in [0.2, 0.25) is 0 Å². The van der Waals surface area contributed by atoms with E-state index in [0.717, 1.165) is 11.1 Å². The highest BCUT2D eigenvalue weighted by Crippen LogP contribution is 2.35. The lowest BCUT2D eigenvalue weighted by molar-refractivity contribution is -0.114. The highest BCUT2D eigenvalue weighted by Gasteiger charge is 2.36. The third kappa shape index (κ3) is 3.09. The monoisotopic (exact) mass is 339 g/mol. The van der Waals surface area contributed by atoms with Gasteiger partial charge in [0.25, 0.3) is 11.7 Å². The number of nitrogens with zero attached hydrogens (tertiary/aromatic N) is 1. The number of amides is 1. The first-order valence-corrected chi connectivity index (χ1v) is 8.21. The molecule has 25 heavy (non-hydrogen) atoms. The second-order valence-electron chi connectivity index (χ2n) is 6.34. The fourth-order valence-corrected chi connectivity index (χ4v) is 3.03. The topological polar surface area (TPSA) is 55.8 Å². The number of Topliss-reactive ketones (excluding diaryl/α,β-unsaturated/α-hetero) is 1. The van der Waals surface area contributed by atoms with Crippen LogP contribution in [0.15, 0.2) is 36.4 Å². The molecule has 2 aromatic rings. The Balaban J connectivity index is 1.93. The van der Waals surface area contributed by atoms with Crippen LogP contribution in [0.3, 0.4) is 0 Å². The van der Waals surface area contributed by atoms with Gasteiger partial charge in [-0.15, -0.1) is 0 Å². The Kier molecular flexibility index (Phi) is 4.49. The number of carbonyl (C=O) groups is 2. The minimum atomic E-state index is -0.495. The molecule has 0 atom stereocenters. The number of rotatable bonds is 5. The summed E-state index contributed by atoms with van der Waals surface area (Å²) in [6, 6.07) is 10.9. The molecule has 130 valence electrons. The van der Waals surface area contributed by atoms with E-state index in [9.17, 15) is 9.59 Å². The van der Waals surface area contributed by atoms with Crippen molar-refractivity contribution in [1.29, 1.82) is 0 Å². The van der Waals surface area contributed by atoms with Gasteiger partial charge in [-0.2, -0.15) is 0 Å². The lowest BCUT2D eigenvalue weighted by Gasteiger charge is -2.20. The van der Waals surface area contributed by atoms with Gasteiger partial charge in [-0.05, 0) is 50.1 Å². The van der Waals surface area contributed by atoms with Gasteiger partial charge in [-0.25, -0.2) is 0 Å². The van der Waals surface area contributed by atoms with E-state index in [2.05, 4.69) is 0 Å². The summed E-state index contributed by atoms with van der Waals surface area (Å²) >= 11 is 0. The summed E-state index contributed by atoms with van der Waals surface area (Å²) in [4.78, 5) is 26.2. The van der Waals surface area contributed by atoms with E-state index in [1.807, 2.05) is 45.0 Å². The summed E-state index contributed by atoms with van der Waals surface area (Å²) in [5, 5.41) is 0. The van der Waals surface area contributed by atoms with Gasteiger partial charge < -0.3 is 14.4 Å². The molecule has 2 aromatic carbocycles. The van der Waals surface area contributed by atoms with Crippen LogP contribution in [0.25, 0.3) is 0 Å². The predicted molar refractivity (Wildman–Crippen MR) is 95.5 cm³/mol. The second kappa shape index (κ2) is 6.59. The van der Waals surface area contributed by atoms with Crippen molar-refractivity contribution in [3.63, 3.8) is 0 Å². The molecule has 1 aliphatic rings. The number of hydrogen-bond donors (Lipinski definition) is 0. The van der Waals surface area contributed by atoms with Crippen LogP contribution in [0.1, 0.15) is 35.3 Å². The minimum Gasteiger partial charge on any atom is -0.493 e. The Labute approximate surface area is 147 Å². The molecule has 5 heteroatoms. The number of para-hydroxylation sites is 1. The summed E-state index contributed by atoms with van der Waals surface area (Å²) in [6.45, 7) is 6.10. The summed E-state index contributed by atoms with van der Waals surface area (Å²) in [5.74, 6) is 0.312. The number of anilines is 1. The molecule has 0 unspecified atom stereocenters. The number of hydrogen-bond acceptors (Lipinski definition) is 4. The van der Waals surface area contributed by atoms with Gasteiger partial charge in [0.2, 0.25) is 0 Å². The standard InChI is InChI=1S/C20H21NO4/c1-12(2)25-16-9-8-14(10-17(16)24-4)11-21-18-13(3)6-5-7-15(18)19(22)20(21)23/h5-10,12H,11H2,1-4H3. The van der Waals surface area contributed by atoms with E-state index in [0.29, 0.717) is 29.3 Å². The second-order valence-corrected chi connectivity index (χ2v) is 6.34. The zero-order valence-corrected chi connectivity index (χ0v) is 14.8. The molecular formula is C20H21NO4. The molecule has 0 radical (unpaired) electrons. The number of ketones is 1. The van der Waals surface area contributed by atoms with Crippen LogP contribution in [0.5, 0.6) is 11.5 Å². The van der Waals surface area contributed by atoms with Crippen molar-refractivity contribution in [1.82, 2.24) is 0 Å². The molecule has 0 N–H and O–H groups in total. The van der Waals surface area contributed by atoms with Crippen LogP contribution >= 0.6 is 0 Å². The molecular weight excluding hydrogens is 318 g/mol. The molecule has 1 aliphatic heterocycles. The first-order valence-electron chi connectivity index (χ1n) is 8.21. The molecule has 0 aliphatic carbocycles. The Bertz CT molecular complexity index is 842. The summed E-state index contributed by atoms with van der Waals surface area (Å²) < 4.78 is 11.1. The first-order chi connectivity index (χ1) is 11.9. The normalized spacial score (nSPS) is 13.4. The third-order valence-corrected chi connectivity index (χ3v) is 4.12. The van der Waals surface area contributed by atoms with E-state index >= 15 is 0 Å². The smallest absolute Gasteiger partial charge is 0.299 e. The molecule has 1 heterocycles. The predicted octanol–water partition coefficient (Wildman–Crippen LogP) is 3.52. The lowest BCUT2D eigenvalue weighted by atomic mass is 10.1. The molecule has 0 saturated heterocycles. The maximum atomic E-state index is 12.4. The van der Waals surface area contributed by atoms with E-state index < -0.39 is 11.7 Å². The third-order valence-electron chi connectivity index (χ3n) is 4.12. The van der Waals surface area contributed by atoms with E-state index in [1.54, 1.807) is 19.2 Å². The van der Waals surface area contributed by atoms with Crippen molar-refractivity contribution in [3.8, 4) is 11.5 Å². The van der Waals surface area contributed by atoms with Crippen LogP contribution in [-0.4, -0.2) is 24.9 Å². The average Bonchev–Trinajstić information content (AvgIpc) is 2.82. The Morgan fingerprint density at radius 1 is 1.08 bits per heavy atom. The van der Waals surface area contributed by atoms with Crippen LogP contribution < -0.4 is 14.4 Å². The zero-order chi connectivity index (χ0) is 18.1. The maximum absolute atomic E-state index is 12.4. The van der Waals surface area contributed by atoms with Gasteiger partial charge in [0.15, 0.2) is 11.5 Å². The van der Waals surface area contributed by atoms with Gasteiger partial charge in [0.1, 0.15) is 0 Å². The van der Waals surface area contributed by atoms with Crippen LogP contribution in [-0.2, 0) is 11.3 Å². The zero-order valence-electron chi connectivity index (χ0n) is 14.8. The number of fused-ring (bicyclic) bond motifs is 1. The first kappa shape index (κ1) is 17.0. The van der Waals surface area contributed by atoms with Crippen molar-refractivity contribution < 1.29 is 19.1 Å². The summed E-state index contributed by atoms with van der Waals surface area (Å²) in [6.07, 6.45) is 0.0343. The van der Waals surface area contributed by atoms with Crippen molar-refractivity contribution in [3.05, 3.63) is 53.1 Å². The lowest BCUT2D eigenvalue weighted by Crippen LogP contribution is -2.29. The SMILES string of the molecule is COc1cc(CN2C(=O)C(=O)c3cccc(C)c32)ccc1OC(C)C. The highest BCUT2D eigenvalue weighted by atomic mass is 16.5. The van der Waals surface area contributed by atoms with Crippen molar-refractivity contribution in [2.24, 2.45) is 0 Å². The number of ether oxygens (including phenoxy) is 2. The van der Waals surface area contributed by atoms with Gasteiger partial charge >= 0.3 is 0 Å². The van der Waals surface area contributed by atoms with Crippen LogP contribution in [0.4, 0.5) is 5.69 Å². The number of aryl methyl sites for hydroxylation is 1. The molecule has 3 rings (SSSR count). The van der Waals surface area contributed by atoms with Crippen molar-refractivity contribution >= 4 is 17.4 Å². The van der Waals surface area contributed by atoms with E-state index in [4.69, 9.17) is 9.47 Å². The molecule has 5 nitrogen and oxygen atoms in total. The maximum Gasteiger partial charge on any atom is 0.299 e. The largest absolute Gasteiger partial charge is 0.493 e. The fourth-order valence-electron chi connectivity index (χ4n) is 3.03. The van der Waals surface area contributed by atoms with Gasteiger partial charge in [0, 0.05) is 0 Å². The van der Waals surface area contributed by atoms with Gasteiger partial charge in [0.05, 0.1) is 31.0 Å². The van der Waals surface area contributed by atoms with E-state index in [-0.39, 0.29) is 6.10 Å².